The molecule has 2 aromatic heterocycles. The van der Waals surface area contributed by atoms with Crippen LogP contribution in [0.3, 0.4) is 0 Å². The number of hydrogen-bond acceptors (Lipinski definition) is 3. The van der Waals surface area contributed by atoms with E-state index in [1.54, 1.807) is 29.5 Å². The number of ketones is 1. The summed E-state index contributed by atoms with van der Waals surface area (Å²) >= 11 is 0. The smallest absolute Gasteiger partial charge is 0.231 e. The van der Waals surface area contributed by atoms with Crippen LogP contribution in [0, 0.1) is 0 Å². The van der Waals surface area contributed by atoms with E-state index in [0.29, 0.717) is 17.9 Å². The predicted octanol–water partition coefficient (Wildman–Crippen LogP) is 2.32. The number of imidazole rings is 1. The summed E-state index contributed by atoms with van der Waals surface area (Å²) in [4.78, 5) is 16.5. The van der Waals surface area contributed by atoms with Crippen molar-refractivity contribution in [1.82, 2.24) is 19.3 Å². The standard InChI is InChI=1S/C15H14N4O/c1-2-18-9-8-16-15(18)14(20)12-10-17-19(11-12)13-6-4-3-5-7-13/h3-11H,2H2,1H3. The van der Waals surface area contributed by atoms with Gasteiger partial charge in [-0.3, -0.25) is 4.79 Å². The summed E-state index contributed by atoms with van der Waals surface area (Å²) in [6.07, 6.45) is 6.74. The van der Waals surface area contributed by atoms with E-state index in [1.165, 1.54) is 0 Å². The van der Waals surface area contributed by atoms with Crippen molar-refractivity contribution >= 4 is 5.78 Å². The average molecular weight is 266 g/mol. The van der Waals surface area contributed by atoms with Crippen molar-refractivity contribution in [2.24, 2.45) is 0 Å². The van der Waals surface area contributed by atoms with Crippen molar-refractivity contribution in [3.05, 3.63) is 66.5 Å². The lowest BCUT2D eigenvalue weighted by molar-refractivity contribution is 0.102. The Morgan fingerprint density at radius 1 is 1.25 bits per heavy atom. The van der Waals surface area contributed by atoms with Gasteiger partial charge in [0.2, 0.25) is 5.78 Å². The maximum absolute atomic E-state index is 12.4. The van der Waals surface area contributed by atoms with Gasteiger partial charge in [-0.25, -0.2) is 9.67 Å². The molecule has 0 atom stereocenters. The lowest BCUT2D eigenvalue weighted by Crippen LogP contribution is -2.09. The molecule has 5 heteroatoms. The first-order valence-corrected chi connectivity index (χ1v) is 6.45. The highest BCUT2D eigenvalue weighted by Gasteiger charge is 2.16. The quantitative estimate of drug-likeness (QED) is 0.681. The lowest BCUT2D eigenvalue weighted by atomic mass is 10.2. The van der Waals surface area contributed by atoms with Crippen molar-refractivity contribution < 1.29 is 4.79 Å². The summed E-state index contributed by atoms with van der Waals surface area (Å²) in [5, 5.41) is 4.23. The van der Waals surface area contributed by atoms with Gasteiger partial charge < -0.3 is 4.57 Å². The molecule has 0 aliphatic rings. The summed E-state index contributed by atoms with van der Waals surface area (Å²) in [6.45, 7) is 2.69. The van der Waals surface area contributed by atoms with Gasteiger partial charge in [-0.05, 0) is 19.1 Å². The van der Waals surface area contributed by atoms with Crippen molar-refractivity contribution in [3.8, 4) is 5.69 Å². The van der Waals surface area contributed by atoms with E-state index in [4.69, 9.17) is 0 Å². The number of carbonyl (C=O) groups excluding carboxylic acids is 1. The van der Waals surface area contributed by atoms with Gasteiger partial charge in [0.15, 0.2) is 5.82 Å². The van der Waals surface area contributed by atoms with E-state index in [9.17, 15) is 4.79 Å². The van der Waals surface area contributed by atoms with Gasteiger partial charge in [-0.2, -0.15) is 5.10 Å². The van der Waals surface area contributed by atoms with Crippen LogP contribution >= 0.6 is 0 Å². The number of rotatable bonds is 4. The molecular formula is C15H14N4O. The first-order valence-electron chi connectivity index (χ1n) is 6.45. The third kappa shape index (κ3) is 2.14. The Morgan fingerprint density at radius 3 is 2.80 bits per heavy atom. The molecule has 3 aromatic rings. The molecule has 0 unspecified atom stereocenters. The normalized spacial score (nSPS) is 10.7. The topological polar surface area (TPSA) is 52.7 Å². The fraction of sp³-hybridized carbons (Fsp3) is 0.133. The van der Waals surface area contributed by atoms with Gasteiger partial charge >= 0.3 is 0 Å². The van der Waals surface area contributed by atoms with Crippen LogP contribution in [0.5, 0.6) is 0 Å². The lowest BCUT2D eigenvalue weighted by Gasteiger charge is -2.01. The van der Waals surface area contributed by atoms with Crippen molar-refractivity contribution in [2.45, 2.75) is 13.5 Å². The Balaban J connectivity index is 1.93. The van der Waals surface area contributed by atoms with Crippen molar-refractivity contribution in [1.29, 1.82) is 0 Å². The maximum Gasteiger partial charge on any atom is 0.231 e. The van der Waals surface area contributed by atoms with Gasteiger partial charge in [0.1, 0.15) is 0 Å². The van der Waals surface area contributed by atoms with Gasteiger partial charge in [0.25, 0.3) is 0 Å². The zero-order chi connectivity index (χ0) is 13.9. The fourth-order valence-electron chi connectivity index (χ4n) is 2.06. The highest BCUT2D eigenvalue weighted by molar-refractivity contribution is 6.06. The number of nitrogens with zero attached hydrogens (tertiary/aromatic N) is 4. The molecule has 0 N–H and O–H groups in total. The molecule has 3 rings (SSSR count). The van der Waals surface area contributed by atoms with Crippen LogP contribution in [0.2, 0.25) is 0 Å². The number of para-hydroxylation sites is 1. The zero-order valence-corrected chi connectivity index (χ0v) is 11.1. The number of aryl methyl sites for hydroxylation is 1. The largest absolute Gasteiger partial charge is 0.328 e. The Labute approximate surface area is 116 Å². The van der Waals surface area contributed by atoms with Crippen LogP contribution in [0.15, 0.2) is 55.1 Å². The summed E-state index contributed by atoms with van der Waals surface area (Å²) in [6, 6.07) is 9.68. The first kappa shape index (κ1) is 12.3. The maximum atomic E-state index is 12.4. The second kappa shape index (κ2) is 5.13. The summed E-state index contributed by atoms with van der Waals surface area (Å²) in [5.41, 5.74) is 1.46. The number of benzene rings is 1. The average Bonchev–Trinajstić information content (AvgIpc) is 3.16. The minimum absolute atomic E-state index is 0.112. The molecule has 0 bridgehead atoms. The van der Waals surface area contributed by atoms with Gasteiger partial charge in [-0.15, -0.1) is 0 Å². The van der Waals surface area contributed by atoms with Crippen LogP contribution in [-0.2, 0) is 6.54 Å². The number of hydrogen-bond donors (Lipinski definition) is 0. The van der Waals surface area contributed by atoms with Gasteiger partial charge in [0.05, 0.1) is 17.4 Å². The molecule has 0 fully saturated rings. The van der Waals surface area contributed by atoms with Gasteiger partial charge in [0, 0.05) is 25.1 Å². The predicted molar refractivity (Wildman–Crippen MR) is 74.9 cm³/mol. The van der Waals surface area contributed by atoms with E-state index in [1.807, 2.05) is 41.8 Å². The van der Waals surface area contributed by atoms with Crippen molar-refractivity contribution in [3.63, 3.8) is 0 Å². The Bertz CT molecular complexity index is 727. The molecule has 0 saturated carbocycles. The molecule has 5 nitrogen and oxygen atoms in total. The Kier molecular flexibility index (Phi) is 3.16. The molecule has 0 radical (unpaired) electrons. The molecule has 0 saturated heterocycles. The molecule has 0 spiro atoms. The second-order valence-corrected chi connectivity index (χ2v) is 4.38. The van der Waals surface area contributed by atoms with Crippen LogP contribution in [-0.4, -0.2) is 25.1 Å². The third-order valence-electron chi connectivity index (χ3n) is 3.12. The monoisotopic (exact) mass is 266 g/mol. The molecule has 20 heavy (non-hydrogen) atoms. The fourth-order valence-corrected chi connectivity index (χ4v) is 2.06. The van der Waals surface area contributed by atoms with Gasteiger partial charge in [-0.1, -0.05) is 18.2 Å². The summed E-state index contributed by atoms with van der Waals surface area (Å²) in [5.74, 6) is 0.333. The highest BCUT2D eigenvalue weighted by Crippen LogP contribution is 2.11. The summed E-state index contributed by atoms with van der Waals surface area (Å²) < 4.78 is 3.51. The van der Waals surface area contributed by atoms with Crippen LogP contribution in [0.4, 0.5) is 0 Å². The molecule has 0 aliphatic heterocycles. The second-order valence-electron chi connectivity index (χ2n) is 4.38. The highest BCUT2D eigenvalue weighted by atomic mass is 16.1. The SMILES string of the molecule is CCn1ccnc1C(=O)c1cnn(-c2ccccc2)c1. The van der Waals surface area contributed by atoms with Crippen molar-refractivity contribution in [2.75, 3.05) is 0 Å². The number of carbonyl (C=O) groups is 1. The minimum atomic E-state index is -0.112. The third-order valence-corrected chi connectivity index (χ3v) is 3.12. The van der Waals surface area contributed by atoms with E-state index in [0.717, 1.165) is 5.69 Å². The molecule has 0 amide bonds. The van der Waals surface area contributed by atoms with Crippen LogP contribution < -0.4 is 0 Å². The van der Waals surface area contributed by atoms with Crippen LogP contribution in [0.25, 0.3) is 5.69 Å². The molecule has 0 aliphatic carbocycles. The first-order chi connectivity index (χ1) is 9.79. The van der Waals surface area contributed by atoms with E-state index >= 15 is 0 Å². The molecular weight excluding hydrogens is 252 g/mol. The van der Waals surface area contributed by atoms with Crippen LogP contribution in [0.1, 0.15) is 23.1 Å². The van der Waals surface area contributed by atoms with E-state index in [-0.39, 0.29) is 5.78 Å². The van der Waals surface area contributed by atoms with E-state index < -0.39 is 0 Å². The minimum Gasteiger partial charge on any atom is -0.328 e. The molecule has 100 valence electrons. The van der Waals surface area contributed by atoms with E-state index in [2.05, 4.69) is 10.1 Å². The Morgan fingerprint density at radius 2 is 2.05 bits per heavy atom. The molecule has 1 aromatic carbocycles. The zero-order valence-electron chi connectivity index (χ0n) is 11.1. The number of aromatic nitrogens is 4. The molecule has 2 heterocycles. The summed E-state index contributed by atoms with van der Waals surface area (Å²) in [7, 11) is 0. The Hall–Kier alpha value is -2.69.